The Kier molecular flexibility index (Phi) is 3.14. The lowest BCUT2D eigenvalue weighted by Gasteiger charge is -2.08. The zero-order valence-corrected chi connectivity index (χ0v) is 12.2. The van der Waals surface area contributed by atoms with Gasteiger partial charge >= 0.3 is 0 Å². The molecule has 0 fully saturated rings. The van der Waals surface area contributed by atoms with Crippen LogP contribution in [0.3, 0.4) is 0 Å². The number of hydrogen-bond acceptors (Lipinski definition) is 3. The highest BCUT2D eigenvalue weighted by molar-refractivity contribution is 7.80. The Morgan fingerprint density at radius 3 is 2.45 bits per heavy atom. The Morgan fingerprint density at radius 1 is 1.05 bits per heavy atom. The van der Waals surface area contributed by atoms with Crippen molar-refractivity contribution >= 4 is 23.6 Å². The van der Waals surface area contributed by atoms with E-state index in [4.69, 9.17) is 4.42 Å². The van der Waals surface area contributed by atoms with Crippen LogP contribution in [-0.4, -0.2) is 0 Å². The summed E-state index contributed by atoms with van der Waals surface area (Å²) in [4.78, 5) is 12.9. The van der Waals surface area contributed by atoms with Crippen molar-refractivity contribution in [3.05, 3.63) is 63.8 Å². The number of benzene rings is 2. The molecule has 0 aliphatic rings. The van der Waals surface area contributed by atoms with Gasteiger partial charge in [0.25, 0.3) is 0 Å². The molecule has 20 heavy (non-hydrogen) atoms. The van der Waals surface area contributed by atoms with Crippen LogP contribution in [0.25, 0.3) is 22.3 Å². The number of thiol groups is 1. The molecule has 0 N–H and O–H groups in total. The van der Waals surface area contributed by atoms with Crippen LogP contribution in [0, 0.1) is 13.8 Å². The van der Waals surface area contributed by atoms with Crippen LogP contribution in [0.2, 0.25) is 0 Å². The van der Waals surface area contributed by atoms with Crippen LogP contribution in [-0.2, 0) is 0 Å². The zero-order chi connectivity index (χ0) is 14.3. The lowest BCUT2D eigenvalue weighted by atomic mass is 10.1. The summed E-state index contributed by atoms with van der Waals surface area (Å²) in [6.45, 7) is 3.91. The van der Waals surface area contributed by atoms with E-state index < -0.39 is 0 Å². The van der Waals surface area contributed by atoms with Crippen molar-refractivity contribution in [2.75, 3.05) is 0 Å². The molecule has 1 heterocycles. The van der Waals surface area contributed by atoms with Gasteiger partial charge in [-0.25, -0.2) is 0 Å². The smallest absolute Gasteiger partial charge is 0.206 e. The molecule has 2 aromatic carbocycles. The fraction of sp³-hybridized carbons (Fsp3) is 0.118. The average molecular weight is 282 g/mol. The van der Waals surface area contributed by atoms with Crippen molar-refractivity contribution in [2.24, 2.45) is 0 Å². The fourth-order valence-corrected chi connectivity index (χ4v) is 2.75. The van der Waals surface area contributed by atoms with Gasteiger partial charge in [-0.1, -0.05) is 36.4 Å². The van der Waals surface area contributed by atoms with Crippen LogP contribution < -0.4 is 5.43 Å². The Bertz CT molecular complexity index is 848. The van der Waals surface area contributed by atoms with Crippen molar-refractivity contribution in [2.45, 2.75) is 18.7 Å². The van der Waals surface area contributed by atoms with E-state index in [9.17, 15) is 4.79 Å². The van der Waals surface area contributed by atoms with E-state index in [-0.39, 0.29) is 5.43 Å². The van der Waals surface area contributed by atoms with Gasteiger partial charge in [0.2, 0.25) is 5.43 Å². The van der Waals surface area contributed by atoms with Gasteiger partial charge in [-0.2, -0.15) is 0 Å². The third-order valence-electron chi connectivity index (χ3n) is 3.35. The van der Waals surface area contributed by atoms with Crippen LogP contribution in [0.4, 0.5) is 0 Å². The second-order valence-electron chi connectivity index (χ2n) is 4.93. The summed E-state index contributed by atoms with van der Waals surface area (Å²) in [5.41, 5.74) is 3.39. The summed E-state index contributed by atoms with van der Waals surface area (Å²) in [6, 6.07) is 13.4. The van der Waals surface area contributed by atoms with E-state index in [1.165, 1.54) is 0 Å². The van der Waals surface area contributed by atoms with Crippen LogP contribution in [0.1, 0.15) is 11.1 Å². The molecule has 0 atom stereocenters. The first-order valence-corrected chi connectivity index (χ1v) is 6.85. The van der Waals surface area contributed by atoms with E-state index in [1.807, 2.05) is 56.3 Å². The second-order valence-corrected chi connectivity index (χ2v) is 5.38. The predicted octanol–water partition coefficient (Wildman–Crippen LogP) is 4.37. The van der Waals surface area contributed by atoms with Crippen LogP contribution >= 0.6 is 12.6 Å². The Balaban J connectivity index is 2.42. The second kappa shape index (κ2) is 4.84. The first kappa shape index (κ1) is 13.0. The molecule has 0 unspecified atom stereocenters. The predicted molar refractivity (Wildman–Crippen MR) is 84.6 cm³/mol. The van der Waals surface area contributed by atoms with E-state index in [2.05, 4.69) is 12.6 Å². The molecule has 100 valence electrons. The van der Waals surface area contributed by atoms with Gasteiger partial charge < -0.3 is 4.42 Å². The lowest BCUT2D eigenvalue weighted by Crippen LogP contribution is -2.06. The summed E-state index contributed by atoms with van der Waals surface area (Å²) in [5, 5.41) is 0.611. The highest BCUT2D eigenvalue weighted by atomic mass is 32.1. The summed E-state index contributed by atoms with van der Waals surface area (Å²) in [6.07, 6.45) is 0. The molecule has 1 aromatic heterocycles. The van der Waals surface area contributed by atoms with E-state index >= 15 is 0 Å². The number of aryl methyl sites for hydroxylation is 2. The molecule has 0 saturated heterocycles. The third-order valence-corrected chi connectivity index (χ3v) is 3.76. The molecule has 3 aromatic rings. The van der Waals surface area contributed by atoms with Gasteiger partial charge in [-0.3, -0.25) is 4.79 Å². The topological polar surface area (TPSA) is 30.2 Å². The van der Waals surface area contributed by atoms with E-state index in [1.54, 1.807) is 0 Å². The van der Waals surface area contributed by atoms with E-state index in [0.717, 1.165) is 16.7 Å². The van der Waals surface area contributed by atoms with Gasteiger partial charge in [-0.05, 0) is 31.0 Å². The monoisotopic (exact) mass is 282 g/mol. The molecule has 3 rings (SSSR count). The van der Waals surface area contributed by atoms with Crippen molar-refractivity contribution < 1.29 is 4.42 Å². The average Bonchev–Trinajstić information content (AvgIpc) is 2.43. The Morgan fingerprint density at radius 2 is 1.75 bits per heavy atom. The fourth-order valence-electron chi connectivity index (χ4n) is 2.47. The summed E-state index contributed by atoms with van der Waals surface area (Å²) in [7, 11) is 0. The van der Waals surface area contributed by atoms with Gasteiger partial charge in [-0.15, -0.1) is 12.6 Å². The summed E-state index contributed by atoms with van der Waals surface area (Å²) >= 11 is 4.37. The number of rotatable bonds is 1. The van der Waals surface area contributed by atoms with Crippen LogP contribution in [0.15, 0.2) is 56.6 Å². The molecule has 0 radical (unpaired) electrons. The third kappa shape index (κ3) is 2.04. The van der Waals surface area contributed by atoms with Gasteiger partial charge in [0.1, 0.15) is 5.58 Å². The normalized spacial score (nSPS) is 10.9. The molecule has 0 amide bonds. The maximum Gasteiger partial charge on any atom is 0.206 e. The van der Waals surface area contributed by atoms with Crippen molar-refractivity contribution in [3.8, 4) is 11.3 Å². The minimum atomic E-state index is -0.0778. The van der Waals surface area contributed by atoms with Gasteiger partial charge in [0.15, 0.2) is 5.76 Å². The molecular weight excluding hydrogens is 268 g/mol. The highest BCUT2D eigenvalue weighted by Crippen LogP contribution is 2.29. The highest BCUT2D eigenvalue weighted by Gasteiger charge is 2.14. The molecule has 0 saturated carbocycles. The van der Waals surface area contributed by atoms with Crippen molar-refractivity contribution in [3.63, 3.8) is 0 Å². The quantitative estimate of drug-likeness (QED) is 0.672. The molecule has 2 nitrogen and oxygen atoms in total. The van der Waals surface area contributed by atoms with Gasteiger partial charge in [0, 0.05) is 5.56 Å². The maximum absolute atomic E-state index is 12.5. The first-order chi connectivity index (χ1) is 9.58. The largest absolute Gasteiger partial charge is 0.455 e. The molecule has 3 heteroatoms. The van der Waals surface area contributed by atoms with Crippen molar-refractivity contribution in [1.29, 1.82) is 0 Å². The van der Waals surface area contributed by atoms with Crippen molar-refractivity contribution in [1.82, 2.24) is 0 Å². The maximum atomic E-state index is 12.5. The summed E-state index contributed by atoms with van der Waals surface area (Å²) < 4.78 is 5.94. The lowest BCUT2D eigenvalue weighted by molar-refractivity contribution is 0.605. The molecule has 0 spiro atoms. The zero-order valence-electron chi connectivity index (χ0n) is 11.3. The Labute approximate surface area is 122 Å². The molecular formula is C17H14O2S. The molecule has 0 aliphatic heterocycles. The minimum Gasteiger partial charge on any atom is -0.455 e. The summed E-state index contributed by atoms with van der Waals surface area (Å²) in [5.74, 6) is 0.524. The SMILES string of the molecule is Cc1cc(C)c2c(=O)c(S)c(-c3ccccc3)oc2c1. The minimum absolute atomic E-state index is 0.0778. The van der Waals surface area contributed by atoms with Gasteiger partial charge in [0.05, 0.1) is 10.3 Å². The van der Waals surface area contributed by atoms with Crippen LogP contribution in [0.5, 0.6) is 0 Å². The number of hydrogen-bond donors (Lipinski definition) is 1. The number of fused-ring (bicyclic) bond motifs is 1. The standard InChI is InChI=1S/C17H14O2S/c1-10-8-11(2)14-13(9-10)19-16(17(20)15(14)18)12-6-4-3-5-7-12/h3-9,20H,1-2H3. The first-order valence-electron chi connectivity index (χ1n) is 6.40. The Hall–Kier alpha value is -2.00. The molecule has 0 bridgehead atoms. The van der Waals surface area contributed by atoms with E-state index in [0.29, 0.717) is 21.6 Å². The molecule has 0 aliphatic carbocycles.